The Labute approximate surface area is 82.9 Å². The number of hydrogen-bond acceptors (Lipinski definition) is 3. The number of rotatable bonds is 4. The van der Waals surface area contributed by atoms with Gasteiger partial charge in [-0.1, -0.05) is 18.2 Å². The van der Waals surface area contributed by atoms with Crippen molar-refractivity contribution in [3.63, 3.8) is 0 Å². The van der Waals surface area contributed by atoms with Crippen LogP contribution in [-0.4, -0.2) is 19.3 Å². The molecule has 3 nitrogen and oxygen atoms in total. The molecule has 1 atom stereocenters. The zero-order valence-corrected chi connectivity index (χ0v) is 7.77. The van der Waals surface area contributed by atoms with E-state index in [1.807, 2.05) is 24.3 Å². The first-order valence-electron chi connectivity index (χ1n) is 4.59. The number of nitriles is 1. The smallest absolute Gasteiger partial charge is 0.123 e. The molecule has 0 saturated carbocycles. The molecule has 0 bridgehead atoms. The van der Waals surface area contributed by atoms with Crippen LogP contribution in [0, 0.1) is 11.3 Å². The van der Waals surface area contributed by atoms with Gasteiger partial charge in [0.15, 0.2) is 0 Å². The fourth-order valence-corrected chi connectivity index (χ4v) is 1.22. The van der Waals surface area contributed by atoms with Crippen molar-refractivity contribution in [3.8, 4) is 11.8 Å². The molecule has 14 heavy (non-hydrogen) atoms. The summed E-state index contributed by atoms with van der Waals surface area (Å²) < 4.78 is 10.6. The molecule has 0 radical (unpaired) electrons. The van der Waals surface area contributed by atoms with Crippen molar-refractivity contribution in [1.29, 1.82) is 5.26 Å². The van der Waals surface area contributed by atoms with Gasteiger partial charge in [-0.25, -0.2) is 0 Å². The number of hydrogen-bond donors (Lipinski definition) is 0. The van der Waals surface area contributed by atoms with E-state index < -0.39 is 0 Å². The molecule has 1 aliphatic heterocycles. The lowest BCUT2D eigenvalue weighted by molar-refractivity contribution is 0.261. The quantitative estimate of drug-likeness (QED) is 0.675. The average Bonchev–Trinajstić information content (AvgIpc) is 3.01. The number of nitrogens with zero attached hydrogens (tertiary/aromatic N) is 1. The Bertz CT molecular complexity index is 353. The number of benzene rings is 1. The van der Waals surface area contributed by atoms with E-state index in [2.05, 4.69) is 6.07 Å². The van der Waals surface area contributed by atoms with Crippen molar-refractivity contribution in [2.45, 2.75) is 12.5 Å². The minimum Gasteiger partial charge on any atom is -0.490 e. The van der Waals surface area contributed by atoms with Crippen LogP contribution in [0.2, 0.25) is 0 Å². The molecule has 1 fully saturated rings. The van der Waals surface area contributed by atoms with Crippen molar-refractivity contribution >= 4 is 0 Å². The van der Waals surface area contributed by atoms with Crippen LogP contribution in [0.15, 0.2) is 24.3 Å². The lowest BCUT2D eigenvalue weighted by Crippen LogP contribution is -2.05. The number of epoxide rings is 1. The summed E-state index contributed by atoms with van der Waals surface area (Å²) in [5.74, 6) is 0.796. The Kier molecular flexibility index (Phi) is 2.66. The van der Waals surface area contributed by atoms with Crippen molar-refractivity contribution in [2.75, 3.05) is 13.2 Å². The van der Waals surface area contributed by atoms with Crippen LogP contribution in [0.4, 0.5) is 0 Å². The van der Waals surface area contributed by atoms with Crippen LogP contribution >= 0.6 is 0 Å². The summed E-state index contributed by atoms with van der Waals surface area (Å²) in [6.45, 7) is 1.38. The largest absolute Gasteiger partial charge is 0.490 e. The maximum absolute atomic E-state index is 8.60. The second kappa shape index (κ2) is 4.12. The fourth-order valence-electron chi connectivity index (χ4n) is 1.22. The minimum absolute atomic E-state index is 0.255. The summed E-state index contributed by atoms with van der Waals surface area (Å²) >= 11 is 0. The first-order chi connectivity index (χ1) is 6.90. The van der Waals surface area contributed by atoms with Crippen LogP contribution in [0.1, 0.15) is 5.56 Å². The van der Waals surface area contributed by atoms with Crippen LogP contribution in [0.25, 0.3) is 0 Å². The van der Waals surface area contributed by atoms with Gasteiger partial charge in [0, 0.05) is 5.56 Å². The van der Waals surface area contributed by atoms with Crippen molar-refractivity contribution in [1.82, 2.24) is 0 Å². The fraction of sp³-hybridized carbons (Fsp3) is 0.364. The molecule has 1 aromatic rings. The highest BCUT2D eigenvalue weighted by molar-refractivity contribution is 5.35. The van der Waals surface area contributed by atoms with E-state index in [0.717, 1.165) is 17.9 Å². The van der Waals surface area contributed by atoms with Gasteiger partial charge in [-0.05, 0) is 6.07 Å². The molecule has 1 aliphatic rings. The summed E-state index contributed by atoms with van der Waals surface area (Å²) in [5, 5.41) is 8.60. The van der Waals surface area contributed by atoms with Gasteiger partial charge in [0.1, 0.15) is 18.5 Å². The molecule has 0 aromatic heterocycles. The molecule has 1 saturated heterocycles. The van der Waals surface area contributed by atoms with Gasteiger partial charge in [0.2, 0.25) is 0 Å². The molecule has 3 heteroatoms. The maximum Gasteiger partial charge on any atom is 0.123 e. The van der Waals surface area contributed by atoms with E-state index in [9.17, 15) is 0 Å². The summed E-state index contributed by atoms with van der Waals surface area (Å²) in [4.78, 5) is 0. The molecule has 72 valence electrons. The van der Waals surface area contributed by atoms with Gasteiger partial charge in [-0.2, -0.15) is 5.26 Å². The third kappa shape index (κ3) is 2.24. The van der Waals surface area contributed by atoms with E-state index in [1.165, 1.54) is 0 Å². The molecular weight excluding hydrogens is 178 g/mol. The molecule has 0 amide bonds. The van der Waals surface area contributed by atoms with E-state index in [4.69, 9.17) is 14.7 Å². The van der Waals surface area contributed by atoms with Gasteiger partial charge >= 0.3 is 0 Å². The predicted molar refractivity (Wildman–Crippen MR) is 51.0 cm³/mol. The Morgan fingerprint density at radius 1 is 1.50 bits per heavy atom. The third-order valence-electron chi connectivity index (χ3n) is 2.07. The Morgan fingerprint density at radius 3 is 3.00 bits per heavy atom. The molecule has 2 rings (SSSR count). The highest BCUT2D eigenvalue weighted by Crippen LogP contribution is 2.20. The second-order valence-corrected chi connectivity index (χ2v) is 3.21. The Balaban J connectivity index is 2.02. The molecule has 1 heterocycles. The number of ether oxygens (including phenoxy) is 2. The molecule has 1 aromatic carbocycles. The molecule has 0 aliphatic carbocycles. The summed E-state index contributed by atoms with van der Waals surface area (Å²) in [5.41, 5.74) is 0.940. The van der Waals surface area contributed by atoms with E-state index in [0.29, 0.717) is 13.0 Å². The average molecular weight is 189 g/mol. The van der Waals surface area contributed by atoms with Gasteiger partial charge in [-0.3, -0.25) is 0 Å². The van der Waals surface area contributed by atoms with Crippen molar-refractivity contribution < 1.29 is 9.47 Å². The Morgan fingerprint density at radius 2 is 2.29 bits per heavy atom. The number of para-hydroxylation sites is 1. The molecular formula is C11H11NO2. The highest BCUT2D eigenvalue weighted by Gasteiger charge is 2.23. The highest BCUT2D eigenvalue weighted by atomic mass is 16.6. The predicted octanol–water partition coefficient (Wildman–Crippen LogP) is 1.53. The normalized spacial score (nSPS) is 18.6. The van der Waals surface area contributed by atoms with Crippen LogP contribution in [-0.2, 0) is 11.2 Å². The topological polar surface area (TPSA) is 45.5 Å². The lowest BCUT2D eigenvalue weighted by Gasteiger charge is -2.07. The SMILES string of the molecule is N#CCc1ccccc1OCC1CO1. The zero-order valence-electron chi connectivity index (χ0n) is 7.77. The van der Waals surface area contributed by atoms with Gasteiger partial charge < -0.3 is 9.47 Å². The lowest BCUT2D eigenvalue weighted by atomic mass is 10.1. The van der Waals surface area contributed by atoms with E-state index in [1.54, 1.807) is 0 Å². The summed E-state index contributed by atoms with van der Waals surface area (Å²) in [6, 6.07) is 9.73. The van der Waals surface area contributed by atoms with E-state index in [-0.39, 0.29) is 6.10 Å². The zero-order chi connectivity index (χ0) is 9.80. The van der Waals surface area contributed by atoms with Crippen LogP contribution in [0.5, 0.6) is 5.75 Å². The summed E-state index contributed by atoms with van der Waals surface area (Å²) in [7, 11) is 0. The molecule has 0 N–H and O–H groups in total. The monoisotopic (exact) mass is 189 g/mol. The first-order valence-corrected chi connectivity index (χ1v) is 4.59. The van der Waals surface area contributed by atoms with E-state index >= 15 is 0 Å². The van der Waals surface area contributed by atoms with Gasteiger partial charge in [0.05, 0.1) is 19.1 Å². The van der Waals surface area contributed by atoms with Crippen molar-refractivity contribution in [3.05, 3.63) is 29.8 Å². The van der Waals surface area contributed by atoms with Crippen molar-refractivity contribution in [2.24, 2.45) is 0 Å². The second-order valence-electron chi connectivity index (χ2n) is 3.21. The van der Waals surface area contributed by atoms with Gasteiger partial charge in [-0.15, -0.1) is 0 Å². The maximum atomic E-state index is 8.60. The standard InChI is InChI=1S/C11H11NO2/c12-6-5-9-3-1-2-4-11(9)14-8-10-7-13-10/h1-4,10H,5,7-8H2. The molecule has 0 spiro atoms. The Hall–Kier alpha value is -1.53. The third-order valence-corrected chi connectivity index (χ3v) is 2.07. The van der Waals surface area contributed by atoms with Crippen LogP contribution in [0.3, 0.4) is 0 Å². The minimum atomic E-state index is 0.255. The first kappa shape index (κ1) is 9.04. The summed E-state index contributed by atoms with van der Waals surface area (Å²) in [6.07, 6.45) is 0.645. The molecule has 1 unspecified atom stereocenters. The van der Waals surface area contributed by atoms with Crippen LogP contribution < -0.4 is 4.74 Å². The van der Waals surface area contributed by atoms with Gasteiger partial charge in [0.25, 0.3) is 0 Å².